The number of aromatic amines is 1. The smallest absolute Gasteiger partial charge is 0.303 e. The molecular weight excluding hydrogens is 298 g/mol. The number of hydrogen-bond acceptors (Lipinski definition) is 1. The van der Waals surface area contributed by atoms with Gasteiger partial charge in [0, 0.05) is 28.0 Å². The summed E-state index contributed by atoms with van der Waals surface area (Å²) in [5.41, 5.74) is 4.29. The molecule has 22 heavy (non-hydrogen) atoms. The summed E-state index contributed by atoms with van der Waals surface area (Å²) in [6.45, 7) is 0. The van der Waals surface area contributed by atoms with Crippen molar-refractivity contribution in [1.29, 1.82) is 0 Å². The summed E-state index contributed by atoms with van der Waals surface area (Å²) in [7, 11) is 0. The zero-order valence-electron chi connectivity index (χ0n) is 12.0. The van der Waals surface area contributed by atoms with E-state index in [2.05, 4.69) is 4.98 Å². The first-order chi connectivity index (χ1) is 10.6. The van der Waals surface area contributed by atoms with Crippen LogP contribution in [0.25, 0.3) is 22.2 Å². The lowest BCUT2D eigenvalue weighted by molar-refractivity contribution is -0.137. The number of benzene rings is 2. The molecule has 0 atom stereocenters. The Balaban J connectivity index is 2.07. The van der Waals surface area contributed by atoms with Crippen molar-refractivity contribution in [3.05, 3.63) is 59.1 Å². The minimum absolute atomic E-state index is 0.168. The maximum absolute atomic E-state index is 10.8. The van der Waals surface area contributed by atoms with Crippen LogP contribution in [0.15, 0.2) is 48.5 Å². The highest BCUT2D eigenvalue weighted by Crippen LogP contribution is 2.33. The molecule has 0 unspecified atom stereocenters. The SMILES string of the molecule is O=C(O)CCCc1c(-c2ccccc2)[nH]c2ccc(Cl)cc12. The Morgan fingerprint density at radius 1 is 1.14 bits per heavy atom. The first-order valence-corrected chi connectivity index (χ1v) is 7.60. The van der Waals surface area contributed by atoms with Gasteiger partial charge in [0.1, 0.15) is 0 Å². The molecule has 2 aromatic carbocycles. The fourth-order valence-corrected chi connectivity index (χ4v) is 2.92. The van der Waals surface area contributed by atoms with Crippen LogP contribution in [0.3, 0.4) is 0 Å². The van der Waals surface area contributed by atoms with Gasteiger partial charge in [-0.1, -0.05) is 41.9 Å². The van der Waals surface area contributed by atoms with Crippen LogP contribution in [0, 0.1) is 0 Å². The zero-order valence-corrected chi connectivity index (χ0v) is 12.7. The highest BCUT2D eigenvalue weighted by molar-refractivity contribution is 6.31. The lowest BCUT2D eigenvalue weighted by atomic mass is 10.0. The number of nitrogens with one attached hydrogen (secondary N) is 1. The third-order valence-corrected chi connectivity index (χ3v) is 3.98. The summed E-state index contributed by atoms with van der Waals surface area (Å²) in [6.07, 6.45) is 1.48. The Labute approximate surface area is 133 Å². The zero-order chi connectivity index (χ0) is 15.5. The number of halogens is 1. The Hall–Kier alpha value is -2.26. The summed E-state index contributed by atoms with van der Waals surface area (Å²) in [4.78, 5) is 14.2. The number of hydrogen-bond donors (Lipinski definition) is 2. The van der Waals surface area contributed by atoms with Crippen LogP contribution in [0.2, 0.25) is 5.02 Å². The summed E-state index contributed by atoms with van der Waals surface area (Å²) in [6, 6.07) is 15.8. The molecule has 3 nitrogen and oxygen atoms in total. The largest absolute Gasteiger partial charge is 0.481 e. The van der Waals surface area contributed by atoms with Gasteiger partial charge in [-0.15, -0.1) is 0 Å². The van der Waals surface area contributed by atoms with E-state index in [-0.39, 0.29) is 6.42 Å². The Morgan fingerprint density at radius 2 is 1.91 bits per heavy atom. The maximum Gasteiger partial charge on any atom is 0.303 e. The molecule has 0 radical (unpaired) electrons. The van der Waals surface area contributed by atoms with Crippen molar-refractivity contribution in [2.24, 2.45) is 0 Å². The quantitative estimate of drug-likeness (QED) is 0.704. The highest BCUT2D eigenvalue weighted by atomic mass is 35.5. The van der Waals surface area contributed by atoms with Crippen LogP contribution < -0.4 is 0 Å². The summed E-state index contributed by atoms with van der Waals surface area (Å²) in [5.74, 6) is -0.765. The van der Waals surface area contributed by atoms with E-state index in [9.17, 15) is 4.79 Å². The molecule has 0 aliphatic heterocycles. The lowest BCUT2D eigenvalue weighted by Gasteiger charge is -2.04. The number of H-pyrrole nitrogens is 1. The van der Waals surface area contributed by atoms with Gasteiger partial charge < -0.3 is 10.1 Å². The van der Waals surface area contributed by atoms with Crippen molar-refractivity contribution < 1.29 is 9.90 Å². The molecule has 0 spiro atoms. The van der Waals surface area contributed by atoms with Crippen LogP contribution in [-0.2, 0) is 11.2 Å². The van der Waals surface area contributed by atoms with Gasteiger partial charge in [0.15, 0.2) is 0 Å². The molecule has 0 aliphatic carbocycles. The van der Waals surface area contributed by atoms with Crippen LogP contribution in [0.4, 0.5) is 0 Å². The molecule has 2 N–H and O–H groups in total. The second-order valence-electron chi connectivity index (χ2n) is 5.28. The maximum atomic E-state index is 10.8. The predicted molar refractivity (Wildman–Crippen MR) is 89.3 cm³/mol. The van der Waals surface area contributed by atoms with E-state index in [1.165, 1.54) is 0 Å². The van der Waals surface area contributed by atoms with Crippen molar-refractivity contribution in [2.75, 3.05) is 0 Å². The fraction of sp³-hybridized carbons (Fsp3) is 0.167. The number of aryl methyl sites for hydroxylation is 1. The molecule has 0 saturated carbocycles. The minimum Gasteiger partial charge on any atom is -0.481 e. The second-order valence-corrected chi connectivity index (χ2v) is 5.72. The van der Waals surface area contributed by atoms with Crippen molar-refractivity contribution in [2.45, 2.75) is 19.3 Å². The van der Waals surface area contributed by atoms with E-state index in [1.54, 1.807) is 0 Å². The van der Waals surface area contributed by atoms with Crippen molar-refractivity contribution in [3.8, 4) is 11.3 Å². The van der Waals surface area contributed by atoms with E-state index < -0.39 is 5.97 Å². The predicted octanol–water partition coefficient (Wildman–Crippen LogP) is 4.90. The molecular formula is C18H16ClNO2. The number of carboxylic acids is 1. The monoisotopic (exact) mass is 313 g/mol. The van der Waals surface area contributed by atoms with Crippen LogP contribution in [0.1, 0.15) is 18.4 Å². The lowest BCUT2D eigenvalue weighted by Crippen LogP contribution is -1.96. The van der Waals surface area contributed by atoms with E-state index in [4.69, 9.17) is 16.7 Å². The Bertz CT molecular complexity index is 809. The molecule has 0 fully saturated rings. The Morgan fingerprint density at radius 3 is 2.64 bits per heavy atom. The van der Waals surface area contributed by atoms with E-state index in [0.717, 1.165) is 27.7 Å². The molecule has 1 heterocycles. The van der Waals surface area contributed by atoms with Crippen LogP contribution >= 0.6 is 11.6 Å². The van der Waals surface area contributed by atoms with Gasteiger partial charge in [0.25, 0.3) is 0 Å². The van der Waals surface area contributed by atoms with Gasteiger partial charge in [-0.2, -0.15) is 0 Å². The molecule has 0 saturated heterocycles. The van der Waals surface area contributed by atoms with Crippen LogP contribution in [0.5, 0.6) is 0 Å². The number of fused-ring (bicyclic) bond motifs is 1. The molecule has 1 aromatic heterocycles. The molecule has 3 aromatic rings. The molecule has 0 bridgehead atoms. The average Bonchev–Trinajstić information content (AvgIpc) is 2.86. The first kappa shape index (κ1) is 14.7. The van der Waals surface area contributed by atoms with Crippen molar-refractivity contribution in [3.63, 3.8) is 0 Å². The number of aromatic nitrogens is 1. The molecule has 4 heteroatoms. The third kappa shape index (κ3) is 3.00. The van der Waals surface area contributed by atoms with Crippen LogP contribution in [-0.4, -0.2) is 16.1 Å². The normalized spacial score (nSPS) is 11.0. The van der Waals surface area contributed by atoms with Gasteiger partial charge in [-0.05, 0) is 42.2 Å². The standard InChI is InChI=1S/C18H16ClNO2/c19-13-9-10-16-15(11-13)14(7-4-8-17(21)22)18(20-16)12-5-2-1-3-6-12/h1-3,5-6,9-11,20H,4,7-8H2,(H,21,22). The number of carboxylic acid groups (broad SMARTS) is 1. The van der Waals surface area contributed by atoms with Gasteiger partial charge in [0.05, 0.1) is 0 Å². The highest BCUT2D eigenvalue weighted by Gasteiger charge is 2.13. The summed E-state index contributed by atoms with van der Waals surface area (Å²) < 4.78 is 0. The summed E-state index contributed by atoms with van der Waals surface area (Å²) >= 11 is 6.12. The van der Waals surface area contributed by atoms with Gasteiger partial charge >= 0.3 is 5.97 Å². The van der Waals surface area contributed by atoms with Crippen molar-refractivity contribution >= 4 is 28.5 Å². The van der Waals surface area contributed by atoms with E-state index in [0.29, 0.717) is 17.9 Å². The second kappa shape index (κ2) is 6.24. The van der Waals surface area contributed by atoms with Gasteiger partial charge in [-0.25, -0.2) is 0 Å². The molecule has 0 amide bonds. The third-order valence-electron chi connectivity index (χ3n) is 3.75. The molecule has 112 valence electrons. The average molecular weight is 314 g/mol. The van der Waals surface area contributed by atoms with Gasteiger partial charge in [0.2, 0.25) is 0 Å². The molecule has 0 aliphatic rings. The number of aliphatic carboxylic acids is 1. The Kier molecular flexibility index (Phi) is 4.16. The summed E-state index contributed by atoms with van der Waals surface area (Å²) in [5, 5.41) is 10.6. The fourth-order valence-electron chi connectivity index (χ4n) is 2.75. The molecule has 3 rings (SSSR count). The van der Waals surface area contributed by atoms with Crippen molar-refractivity contribution in [1.82, 2.24) is 4.98 Å². The van der Waals surface area contributed by atoms with E-state index in [1.807, 2.05) is 48.5 Å². The number of carbonyl (C=O) groups is 1. The van der Waals surface area contributed by atoms with E-state index >= 15 is 0 Å². The first-order valence-electron chi connectivity index (χ1n) is 7.22. The minimum atomic E-state index is -0.765. The number of rotatable bonds is 5. The van der Waals surface area contributed by atoms with Gasteiger partial charge in [-0.3, -0.25) is 4.79 Å². The topological polar surface area (TPSA) is 53.1 Å².